The molecular weight excluding hydrogens is 242 g/mol. The van der Waals surface area contributed by atoms with E-state index in [1.807, 2.05) is 0 Å². The fourth-order valence-electron chi connectivity index (χ4n) is 3.92. The Hall–Kier alpha value is -1.32. The third-order valence-electron chi connectivity index (χ3n) is 5.03. The summed E-state index contributed by atoms with van der Waals surface area (Å²) in [4.78, 5) is 25.7. The van der Waals surface area contributed by atoms with E-state index >= 15 is 0 Å². The van der Waals surface area contributed by atoms with Crippen molar-refractivity contribution in [1.29, 1.82) is 0 Å². The Labute approximate surface area is 113 Å². The summed E-state index contributed by atoms with van der Waals surface area (Å²) in [7, 11) is 0. The Bertz CT molecular complexity index is 431. The number of likely N-dealkylation sites (tertiary alicyclic amines) is 1. The molecule has 3 aliphatic rings. The minimum atomic E-state index is -0.849. The van der Waals surface area contributed by atoms with Crippen molar-refractivity contribution in [3.8, 4) is 0 Å². The number of aliphatic carboxylic acids is 1. The van der Waals surface area contributed by atoms with E-state index in [1.165, 1.54) is 0 Å². The molecule has 0 spiro atoms. The molecule has 1 aliphatic heterocycles. The second kappa shape index (κ2) is 4.66. The number of allylic oxidation sites excluding steroid dienone is 2. The first-order valence-corrected chi connectivity index (χ1v) is 7.28. The van der Waals surface area contributed by atoms with Gasteiger partial charge in [-0.15, -0.1) is 0 Å². The van der Waals surface area contributed by atoms with Crippen LogP contribution in [0.15, 0.2) is 12.2 Å². The van der Waals surface area contributed by atoms with Crippen molar-refractivity contribution >= 4 is 11.9 Å². The number of carboxylic acid groups (broad SMARTS) is 1. The first kappa shape index (κ1) is 12.7. The molecule has 19 heavy (non-hydrogen) atoms. The van der Waals surface area contributed by atoms with Gasteiger partial charge in [-0.1, -0.05) is 19.1 Å². The van der Waals surface area contributed by atoms with Crippen molar-refractivity contribution in [2.45, 2.75) is 38.6 Å². The van der Waals surface area contributed by atoms with E-state index in [4.69, 9.17) is 0 Å². The molecule has 5 unspecified atom stereocenters. The maximum absolute atomic E-state index is 12.6. The molecule has 1 amide bonds. The maximum atomic E-state index is 12.6. The number of rotatable bonds is 2. The van der Waals surface area contributed by atoms with Gasteiger partial charge >= 0.3 is 5.97 Å². The fourth-order valence-corrected chi connectivity index (χ4v) is 3.92. The Morgan fingerprint density at radius 1 is 1.21 bits per heavy atom. The molecule has 2 bridgehead atoms. The predicted octanol–water partition coefficient (Wildman–Crippen LogP) is 1.91. The lowest BCUT2D eigenvalue weighted by atomic mass is 9.88. The summed E-state index contributed by atoms with van der Waals surface area (Å²) in [5.74, 6) is 0.558. The fraction of sp³-hybridized carbons (Fsp3) is 0.733. The van der Waals surface area contributed by atoms with E-state index in [9.17, 15) is 14.7 Å². The van der Waals surface area contributed by atoms with E-state index < -0.39 is 12.0 Å². The normalized spacial score (nSPS) is 40.7. The summed E-state index contributed by atoms with van der Waals surface area (Å²) in [5, 5.41) is 9.34. The summed E-state index contributed by atoms with van der Waals surface area (Å²) in [6, 6.07) is -0.612. The van der Waals surface area contributed by atoms with Gasteiger partial charge in [-0.3, -0.25) is 4.79 Å². The standard InChI is InChI=1S/C15H21NO3/c1-9-4-5-16(13(6-9)15(18)19)14(17)12-8-10-2-3-11(12)7-10/h2-3,9-13H,4-8H2,1H3,(H,18,19). The summed E-state index contributed by atoms with van der Waals surface area (Å²) in [6.45, 7) is 2.67. The van der Waals surface area contributed by atoms with Gasteiger partial charge in [0.1, 0.15) is 6.04 Å². The average molecular weight is 263 g/mol. The largest absolute Gasteiger partial charge is 0.480 e. The lowest BCUT2D eigenvalue weighted by Crippen LogP contribution is -2.52. The lowest BCUT2D eigenvalue weighted by Gasteiger charge is -2.38. The van der Waals surface area contributed by atoms with Crippen LogP contribution in [0.3, 0.4) is 0 Å². The molecule has 4 nitrogen and oxygen atoms in total. The lowest BCUT2D eigenvalue weighted by molar-refractivity contribution is -0.155. The number of amides is 1. The van der Waals surface area contributed by atoms with Crippen LogP contribution >= 0.6 is 0 Å². The van der Waals surface area contributed by atoms with E-state index in [-0.39, 0.29) is 11.8 Å². The van der Waals surface area contributed by atoms with Crippen LogP contribution < -0.4 is 0 Å². The van der Waals surface area contributed by atoms with Crippen LogP contribution in [0.2, 0.25) is 0 Å². The Morgan fingerprint density at radius 3 is 2.58 bits per heavy atom. The van der Waals surface area contributed by atoms with Gasteiger partial charge in [0.25, 0.3) is 0 Å². The third-order valence-corrected chi connectivity index (χ3v) is 5.03. The zero-order valence-corrected chi connectivity index (χ0v) is 11.3. The monoisotopic (exact) mass is 263 g/mol. The number of nitrogens with zero attached hydrogens (tertiary/aromatic N) is 1. The van der Waals surface area contributed by atoms with Crippen molar-refractivity contribution in [2.75, 3.05) is 6.54 Å². The second-order valence-electron chi connectivity index (χ2n) is 6.40. The summed E-state index contributed by atoms with van der Waals surface area (Å²) in [6.07, 6.45) is 7.88. The van der Waals surface area contributed by atoms with Crippen molar-refractivity contribution < 1.29 is 14.7 Å². The van der Waals surface area contributed by atoms with Crippen LogP contribution in [-0.4, -0.2) is 34.5 Å². The van der Waals surface area contributed by atoms with E-state index in [0.29, 0.717) is 30.7 Å². The van der Waals surface area contributed by atoms with Gasteiger partial charge in [-0.05, 0) is 43.4 Å². The highest BCUT2D eigenvalue weighted by Gasteiger charge is 2.44. The molecular formula is C15H21NO3. The Morgan fingerprint density at radius 2 is 2.00 bits per heavy atom. The minimum Gasteiger partial charge on any atom is -0.480 e. The van der Waals surface area contributed by atoms with Crippen molar-refractivity contribution in [1.82, 2.24) is 4.90 Å². The van der Waals surface area contributed by atoms with Crippen LogP contribution in [0, 0.1) is 23.7 Å². The van der Waals surface area contributed by atoms with Gasteiger partial charge in [-0.25, -0.2) is 4.79 Å². The van der Waals surface area contributed by atoms with Gasteiger partial charge in [-0.2, -0.15) is 0 Å². The van der Waals surface area contributed by atoms with Crippen molar-refractivity contribution in [2.24, 2.45) is 23.7 Å². The molecule has 1 heterocycles. The van der Waals surface area contributed by atoms with Crippen LogP contribution in [0.5, 0.6) is 0 Å². The molecule has 1 saturated carbocycles. The average Bonchev–Trinajstić information content (AvgIpc) is 3.00. The van der Waals surface area contributed by atoms with Crippen LogP contribution in [0.4, 0.5) is 0 Å². The van der Waals surface area contributed by atoms with Gasteiger partial charge < -0.3 is 10.0 Å². The SMILES string of the molecule is CC1CCN(C(=O)C2CC3C=CC2C3)C(C(=O)O)C1. The number of carbonyl (C=O) groups is 2. The molecule has 104 valence electrons. The molecule has 1 N–H and O–H groups in total. The molecule has 5 atom stereocenters. The molecule has 2 aliphatic carbocycles. The predicted molar refractivity (Wildman–Crippen MR) is 70.4 cm³/mol. The first-order valence-electron chi connectivity index (χ1n) is 7.28. The summed E-state index contributed by atoms with van der Waals surface area (Å²) >= 11 is 0. The highest BCUT2D eigenvalue weighted by atomic mass is 16.4. The van der Waals surface area contributed by atoms with Gasteiger partial charge in [0.2, 0.25) is 5.91 Å². The Balaban J connectivity index is 1.74. The zero-order chi connectivity index (χ0) is 13.6. The van der Waals surface area contributed by atoms with E-state index in [1.54, 1.807) is 4.90 Å². The van der Waals surface area contributed by atoms with E-state index in [0.717, 1.165) is 19.3 Å². The third kappa shape index (κ3) is 2.17. The molecule has 0 radical (unpaired) electrons. The molecule has 4 heteroatoms. The van der Waals surface area contributed by atoms with Gasteiger partial charge in [0.15, 0.2) is 0 Å². The number of carboxylic acids is 1. The highest BCUT2D eigenvalue weighted by Crippen LogP contribution is 2.44. The molecule has 3 rings (SSSR count). The molecule has 0 aromatic rings. The topological polar surface area (TPSA) is 57.6 Å². The summed E-state index contributed by atoms with van der Waals surface area (Å²) < 4.78 is 0. The molecule has 1 saturated heterocycles. The first-order chi connectivity index (χ1) is 9.06. The summed E-state index contributed by atoms with van der Waals surface area (Å²) in [5.41, 5.74) is 0. The van der Waals surface area contributed by atoms with Gasteiger partial charge in [0.05, 0.1) is 0 Å². The maximum Gasteiger partial charge on any atom is 0.326 e. The minimum absolute atomic E-state index is 0.0326. The van der Waals surface area contributed by atoms with E-state index in [2.05, 4.69) is 19.1 Å². The Kier molecular flexibility index (Phi) is 3.11. The van der Waals surface area contributed by atoms with Crippen LogP contribution in [-0.2, 0) is 9.59 Å². The number of hydrogen-bond donors (Lipinski definition) is 1. The van der Waals surface area contributed by atoms with Crippen LogP contribution in [0.1, 0.15) is 32.6 Å². The van der Waals surface area contributed by atoms with Gasteiger partial charge in [0, 0.05) is 12.5 Å². The number of piperidine rings is 1. The zero-order valence-electron chi connectivity index (χ0n) is 11.3. The second-order valence-corrected chi connectivity index (χ2v) is 6.40. The smallest absolute Gasteiger partial charge is 0.326 e. The quantitative estimate of drug-likeness (QED) is 0.774. The number of carbonyl (C=O) groups excluding carboxylic acids is 1. The highest BCUT2D eigenvalue weighted by molar-refractivity contribution is 5.86. The van der Waals surface area contributed by atoms with Crippen molar-refractivity contribution in [3.63, 3.8) is 0 Å². The van der Waals surface area contributed by atoms with Crippen molar-refractivity contribution in [3.05, 3.63) is 12.2 Å². The molecule has 0 aromatic heterocycles. The number of fused-ring (bicyclic) bond motifs is 2. The molecule has 0 aromatic carbocycles. The molecule has 2 fully saturated rings. The van der Waals surface area contributed by atoms with Crippen LogP contribution in [0.25, 0.3) is 0 Å². The number of hydrogen-bond acceptors (Lipinski definition) is 2.